The number of benzene rings is 3. The maximum atomic E-state index is 12.3. The summed E-state index contributed by atoms with van der Waals surface area (Å²) < 4.78 is 5.37. The first kappa shape index (κ1) is 21.6. The highest BCUT2D eigenvalue weighted by Gasteiger charge is 2.15. The van der Waals surface area contributed by atoms with Gasteiger partial charge in [0.2, 0.25) is 0 Å². The molecule has 0 radical (unpaired) electrons. The molecule has 0 spiro atoms. The van der Waals surface area contributed by atoms with E-state index in [0.29, 0.717) is 19.4 Å². The minimum Gasteiger partial charge on any atom is -0.466 e. The van der Waals surface area contributed by atoms with Crippen molar-refractivity contribution in [2.75, 3.05) is 6.61 Å². The quantitative estimate of drug-likeness (QED) is 0.187. The van der Waals surface area contributed by atoms with E-state index in [9.17, 15) is 4.79 Å². The molecule has 0 bridgehead atoms. The van der Waals surface area contributed by atoms with E-state index in [-0.39, 0.29) is 5.97 Å². The number of aliphatic imine (C=N–C) groups is 1. The van der Waals surface area contributed by atoms with Crippen LogP contribution in [0.2, 0.25) is 0 Å². The molecule has 0 amide bonds. The van der Waals surface area contributed by atoms with Crippen molar-refractivity contribution >= 4 is 28.4 Å². The summed E-state index contributed by atoms with van der Waals surface area (Å²) in [7, 11) is 0. The van der Waals surface area contributed by atoms with Crippen molar-refractivity contribution in [1.29, 1.82) is 0 Å². The molecule has 0 saturated heterocycles. The maximum Gasteiger partial charge on any atom is 0.306 e. The third-order valence-corrected chi connectivity index (χ3v) is 5.45. The lowest BCUT2D eigenvalue weighted by Gasteiger charge is -2.09. The standard InChI is InChI=1S/C28H28N2O2/c1-2-3-20-32-26(31)19-18-24-23-16-10-11-17-25(23)29-28(24)30-27(21-12-6-4-7-13-21)22-14-8-5-9-15-22/h4-17,29H,2-3,18-20H2,1H3. The van der Waals surface area contributed by atoms with Gasteiger partial charge in [-0.05, 0) is 18.9 Å². The minimum atomic E-state index is -0.162. The van der Waals surface area contributed by atoms with Gasteiger partial charge in [-0.25, -0.2) is 4.99 Å². The van der Waals surface area contributed by atoms with Crippen LogP contribution in [0.5, 0.6) is 0 Å². The molecule has 0 aliphatic heterocycles. The van der Waals surface area contributed by atoms with Gasteiger partial charge in [0.05, 0.1) is 12.3 Å². The van der Waals surface area contributed by atoms with Crippen LogP contribution < -0.4 is 0 Å². The number of carbonyl (C=O) groups is 1. The molecule has 0 saturated carbocycles. The number of esters is 1. The number of hydrogen-bond acceptors (Lipinski definition) is 3. The van der Waals surface area contributed by atoms with E-state index in [1.165, 1.54) is 0 Å². The Morgan fingerprint density at radius 1 is 0.875 bits per heavy atom. The number of fused-ring (bicyclic) bond motifs is 1. The Hall–Kier alpha value is -3.66. The number of aromatic nitrogens is 1. The molecular formula is C28H28N2O2. The van der Waals surface area contributed by atoms with Gasteiger partial charge < -0.3 is 9.72 Å². The molecule has 0 aliphatic rings. The van der Waals surface area contributed by atoms with Gasteiger partial charge >= 0.3 is 5.97 Å². The first-order valence-corrected chi connectivity index (χ1v) is 11.2. The molecule has 1 heterocycles. The number of ether oxygens (including phenoxy) is 1. The van der Waals surface area contributed by atoms with Crippen LogP contribution in [0.4, 0.5) is 5.82 Å². The summed E-state index contributed by atoms with van der Waals surface area (Å²) in [5, 5.41) is 1.09. The Balaban J connectivity index is 1.73. The van der Waals surface area contributed by atoms with Gasteiger partial charge in [-0.3, -0.25) is 4.79 Å². The first-order chi connectivity index (χ1) is 15.8. The van der Waals surface area contributed by atoms with Gasteiger partial charge in [-0.15, -0.1) is 0 Å². The highest BCUT2D eigenvalue weighted by molar-refractivity contribution is 6.14. The largest absolute Gasteiger partial charge is 0.466 e. The van der Waals surface area contributed by atoms with Crippen LogP contribution in [0.25, 0.3) is 10.9 Å². The average molecular weight is 425 g/mol. The highest BCUT2D eigenvalue weighted by Crippen LogP contribution is 2.31. The number of aromatic amines is 1. The Bertz CT molecular complexity index is 1150. The van der Waals surface area contributed by atoms with Crippen LogP contribution in [-0.2, 0) is 16.0 Å². The fourth-order valence-corrected chi connectivity index (χ4v) is 3.76. The first-order valence-electron chi connectivity index (χ1n) is 11.2. The number of H-pyrrole nitrogens is 1. The lowest BCUT2D eigenvalue weighted by Crippen LogP contribution is -2.07. The Morgan fingerprint density at radius 3 is 2.16 bits per heavy atom. The molecule has 1 N–H and O–H groups in total. The maximum absolute atomic E-state index is 12.3. The number of para-hydroxylation sites is 1. The van der Waals surface area contributed by atoms with E-state index in [2.05, 4.69) is 42.2 Å². The van der Waals surface area contributed by atoms with Crippen molar-refractivity contribution in [3.8, 4) is 0 Å². The number of carbonyl (C=O) groups excluding carboxylic acids is 1. The predicted octanol–water partition coefficient (Wildman–Crippen LogP) is 6.61. The summed E-state index contributed by atoms with van der Waals surface area (Å²) in [6.45, 7) is 2.57. The fourth-order valence-electron chi connectivity index (χ4n) is 3.76. The Labute approximate surface area is 189 Å². The number of nitrogens with zero attached hydrogens (tertiary/aromatic N) is 1. The van der Waals surface area contributed by atoms with E-state index in [1.807, 2.05) is 54.6 Å². The van der Waals surface area contributed by atoms with E-state index >= 15 is 0 Å². The van der Waals surface area contributed by atoms with Crippen molar-refractivity contribution < 1.29 is 9.53 Å². The predicted molar refractivity (Wildman–Crippen MR) is 131 cm³/mol. The van der Waals surface area contributed by atoms with E-state index in [1.54, 1.807) is 0 Å². The van der Waals surface area contributed by atoms with E-state index in [4.69, 9.17) is 9.73 Å². The summed E-state index contributed by atoms with van der Waals surface area (Å²) in [6, 6.07) is 28.5. The third kappa shape index (κ3) is 5.14. The summed E-state index contributed by atoms with van der Waals surface area (Å²) >= 11 is 0. The lowest BCUT2D eigenvalue weighted by molar-refractivity contribution is -0.143. The lowest BCUT2D eigenvalue weighted by atomic mass is 10.0. The van der Waals surface area contributed by atoms with Crippen molar-refractivity contribution in [2.24, 2.45) is 4.99 Å². The van der Waals surface area contributed by atoms with Gasteiger partial charge in [0, 0.05) is 34.0 Å². The molecule has 32 heavy (non-hydrogen) atoms. The number of rotatable bonds is 9. The molecule has 4 nitrogen and oxygen atoms in total. The van der Waals surface area contributed by atoms with Gasteiger partial charge in [0.15, 0.2) is 0 Å². The van der Waals surface area contributed by atoms with Crippen molar-refractivity contribution in [2.45, 2.75) is 32.6 Å². The smallest absolute Gasteiger partial charge is 0.306 e. The normalized spacial score (nSPS) is 10.8. The topological polar surface area (TPSA) is 54.4 Å². The number of nitrogens with one attached hydrogen (secondary N) is 1. The molecule has 4 heteroatoms. The van der Waals surface area contributed by atoms with E-state index < -0.39 is 0 Å². The summed E-state index contributed by atoms with van der Waals surface area (Å²) in [5.41, 5.74) is 5.03. The van der Waals surface area contributed by atoms with Crippen molar-refractivity contribution in [3.63, 3.8) is 0 Å². The number of hydrogen-bond donors (Lipinski definition) is 1. The average Bonchev–Trinajstić information content (AvgIpc) is 3.19. The van der Waals surface area contributed by atoms with Crippen molar-refractivity contribution in [1.82, 2.24) is 4.98 Å². The van der Waals surface area contributed by atoms with Crippen LogP contribution in [0.1, 0.15) is 42.9 Å². The zero-order chi connectivity index (χ0) is 22.2. The zero-order valence-electron chi connectivity index (χ0n) is 18.4. The molecule has 0 atom stereocenters. The fraction of sp³-hybridized carbons (Fsp3) is 0.214. The highest BCUT2D eigenvalue weighted by atomic mass is 16.5. The number of unbranched alkanes of at least 4 members (excludes halogenated alkanes) is 1. The SMILES string of the molecule is CCCCOC(=O)CCc1c(N=C(c2ccccc2)c2ccccc2)[nH]c2ccccc12. The molecular weight excluding hydrogens is 396 g/mol. The molecule has 1 aromatic heterocycles. The summed E-state index contributed by atoms with van der Waals surface area (Å²) in [6.07, 6.45) is 2.81. The van der Waals surface area contributed by atoms with Crippen molar-refractivity contribution in [3.05, 3.63) is 102 Å². The number of aryl methyl sites for hydroxylation is 1. The van der Waals surface area contributed by atoms with Gasteiger partial charge in [0.1, 0.15) is 5.82 Å². The van der Waals surface area contributed by atoms with E-state index in [0.717, 1.165) is 52.0 Å². The molecule has 0 unspecified atom stereocenters. The molecule has 0 fully saturated rings. The molecule has 4 rings (SSSR count). The third-order valence-electron chi connectivity index (χ3n) is 5.45. The monoisotopic (exact) mass is 424 g/mol. The minimum absolute atomic E-state index is 0.162. The molecule has 162 valence electrons. The molecule has 4 aromatic rings. The summed E-state index contributed by atoms with van der Waals surface area (Å²) in [5.74, 6) is 0.625. The Morgan fingerprint density at radius 2 is 1.50 bits per heavy atom. The zero-order valence-corrected chi connectivity index (χ0v) is 18.4. The van der Waals surface area contributed by atoms with Crippen LogP contribution in [0.3, 0.4) is 0 Å². The second kappa shape index (κ2) is 10.6. The second-order valence-electron chi connectivity index (χ2n) is 7.76. The van der Waals surface area contributed by atoms with Gasteiger partial charge in [0.25, 0.3) is 0 Å². The second-order valence-corrected chi connectivity index (χ2v) is 7.76. The van der Waals surface area contributed by atoms with Crippen LogP contribution in [0.15, 0.2) is 89.9 Å². The van der Waals surface area contributed by atoms with Crippen LogP contribution >= 0.6 is 0 Å². The summed E-state index contributed by atoms with van der Waals surface area (Å²) in [4.78, 5) is 20.8. The van der Waals surface area contributed by atoms with Crippen LogP contribution in [-0.4, -0.2) is 23.3 Å². The van der Waals surface area contributed by atoms with Crippen LogP contribution in [0, 0.1) is 0 Å². The van der Waals surface area contributed by atoms with Gasteiger partial charge in [-0.1, -0.05) is 92.2 Å². The molecule has 3 aromatic carbocycles. The Kier molecular flexibility index (Phi) is 7.13. The van der Waals surface area contributed by atoms with Gasteiger partial charge in [-0.2, -0.15) is 0 Å². The molecule has 0 aliphatic carbocycles.